The molecule has 0 radical (unpaired) electrons. The number of cyclic esters (lactones) is 1. The average Bonchev–Trinajstić information content (AvgIpc) is 3.40. The Morgan fingerprint density at radius 2 is 2.17 bits per heavy atom. The first-order valence-electron chi connectivity index (χ1n) is 11.0. The van der Waals surface area contributed by atoms with Gasteiger partial charge in [0.1, 0.15) is 5.76 Å². The number of carbonyl (C=O) groups excluding carboxylic acids is 1. The van der Waals surface area contributed by atoms with Gasteiger partial charge in [-0.25, -0.2) is 4.79 Å². The molecule has 7 heteroatoms. The third-order valence-corrected chi connectivity index (χ3v) is 8.58. The van der Waals surface area contributed by atoms with Crippen LogP contribution in [0, 0.1) is 17.8 Å². The van der Waals surface area contributed by atoms with Gasteiger partial charge in [-0.05, 0) is 45.6 Å². The van der Waals surface area contributed by atoms with Crippen molar-refractivity contribution in [1.29, 1.82) is 0 Å². The van der Waals surface area contributed by atoms with E-state index >= 15 is 0 Å². The quantitative estimate of drug-likeness (QED) is 0.556. The predicted molar refractivity (Wildman–Crippen MR) is 101 cm³/mol. The molecular formula is C22H29NO6. The molecule has 158 valence electrons. The van der Waals surface area contributed by atoms with Crippen LogP contribution in [0.1, 0.15) is 46.0 Å². The van der Waals surface area contributed by atoms with E-state index in [1.807, 2.05) is 0 Å². The number of hydrogen-bond acceptors (Lipinski definition) is 7. The second-order valence-electron chi connectivity index (χ2n) is 9.50. The molecule has 8 atom stereocenters. The van der Waals surface area contributed by atoms with Gasteiger partial charge in [-0.15, -0.1) is 0 Å². The monoisotopic (exact) mass is 403 g/mol. The Kier molecular flexibility index (Phi) is 3.62. The number of ether oxygens (including phenoxy) is 4. The molecule has 6 heterocycles. The second kappa shape index (κ2) is 5.77. The number of esters is 1. The topological polar surface area (TPSA) is 77.5 Å². The molecule has 5 fully saturated rings. The first kappa shape index (κ1) is 18.2. The summed E-state index contributed by atoms with van der Waals surface area (Å²) in [6, 6.07) is 0.433. The van der Waals surface area contributed by atoms with Gasteiger partial charge in [0.15, 0.2) is 5.76 Å². The van der Waals surface area contributed by atoms with Crippen molar-refractivity contribution in [2.24, 2.45) is 17.8 Å². The van der Waals surface area contributed by atoms with E-state index in [1.54, 1.807) is 14.0 Å². The van der Waals surface area contributed by atoms with Gasteiger partial charge in [-0.3, -0.25) is 4.90 Å². The van der Waals surface area contributed by atoms with Crippen LogP contribution in [0.15, 0.2) is 22.9 Å². The molecule has 1 unspecified atom stereocenters. The molecule has 0 aromatic rings. The van der Waals surface area contributed by atoms with Gasteiger partial charge in [-0.1, -0.05) is 6.92 Å². The van der Waals surface area contributed by atoms with Crippen molar-refractivity contribution in [3.63, 3.8) is 0 Å². The number of piperidine rings is 1. The minimum Gasteiger partial charge on any atom is -0.492 e. The Bertz CT molecular complexity index is 850. The highest BCUT2D eigenvalue weighted by Gasteiger charge is 2.84. The van der Waals surface area contributed by atoms with Crippen molar-refractivity contribution in [2.45, 2.75) is 69.4 Å². The fraction of sp³-hybridized carbons (Fsp3) is 0.773. The zero-order valence-electron chi connectivity index (χ0n) is 17.3. The summed E-state index contributed by atoms with van der Waals surface area (Å²) in [6.07, 6.45) is 5.20. The number of aliphatic hydroxyl groups is 1. The Morgan fingerprint density at radius 3 is 2.93 bits per heavy atom. The highest BCUT2D eigenvalue weighted by molar-refractivity contribution is 5.93. The summed E-state index contributed by atoms with van der Waals surface area (Å²) in [5.74, 6) is 1.29. The van der Waals surface area contributed by atoms with Crippen LogP contribution in [0.25, 0.3) is 0 Å². The summed E-state index contributed by atoms with van der Waals surface area (Å²) in [7, 11) is 1.56. The molecule has 1 N–H and O–H groups in total. The van der Waals surface area contributed by atoms with E-state index < -0.39 is 5.79 Å². The number of nitrogens with zero attached hydrogens (tertiary/aromatic N) is 1. The lowest BCUT2D eigenvalue weighted by Gasteiger charge is -2.48. The zero-order valence-corrected chi connectivity index (χ0v) is 17.3. The van der Waals surface area contributed by atoms with E-state index in [4.69, 9.17) is 18.9 Å². The normalized spacial score (nSPS) is 51.1. The molecule has 0 aliphatic carbocycles. The van der Waals surface area contributed by atoms with Crippen LogP contribution >= 0.6 is 0 Å². The number of rotatable bonds is 5. The lowest BCUT2D eigenvalue weighted by Crippen LogP contribution is -2.61. The van der Waals surface area contributed by atoms with Gasteiger partial charge < -0.3 is 24.1 Å². The van der Waals surface area contributed by atoms with E-state index in [-0.39, 0.29) is 36.1 Å². The van der Waals surface area contributed by atoms with Crippen molar-refractivity contribution in [2.75, 3.05) is 20.3 Å². The van der Waals surface area contributed by atoms with Gasteiger partial charge >= 0.3 is 5.97 Å². The minimum atomic E-state index is -0.622. The van der Waals surface area contributed by atoms with E-state index in [1.165, 1.54) is 0 Å². The zero-order chi connectivity index (χ0) is 20.1. The number of aliphatic hydroxyl groups excluding tert-OH is 1. The van der Waals surface area contributed by atoms with E-state index in [2.05, 4.69) is 11.8 Å². The van der Waals surface area contributed by atoms with Crippen LogP contribution in [0.3, 0.4) is 0 Å². The highest BCUT2D eigenvalue weighted by atomic mass is 16.7. The maximum absolute atomic E-state index is 12.2. The fourth-order valence-electron chi connectivity index (χ4n) is 7.70. The summed E-state index contributed by atoms with van der Waals surface area (Å²) < 4.78 is 24.6. The molecule has 5 bridgehead atoms. The standard InChI is InChI=1S/C22H29NO6/c1-11-16-13-10-15-21(7-4-5-9-24)14(6-8-23(13)21)22(16,28-15)29-18(11)19-17(26-3)12(2)20(25)27-19/h11,13-16,24H,4-10H2,1-3H3/t11-,13-,14+,15-,16-,21-,22+/m1/s1. The maximum atomic E-state index is 12.2. The lowest BCUT2D eigenvalue weighted by atomic mass is 9.69. The van der Waals surface area contributed by atoms with Crippen LogP contribution in [-0.2, 0) is 23.7 Å². The first-order valence-corrected chi connectivity index (χ1v) is 11.0. The molecule has 0 aromatic heterocycles. The molecule has 6 aliphatic heterocycles. The SMILES string of the molecule is COC1=C(C)C(=O)OC1=C1O[C@]23O[C@@H]4C[C@H]([C@H]2[C@H]1C)N1CC[C@H]3[C@]41CCCCO. The number of allylic oxidation sites excluding steroid dienone is 1. The number of fused-ring (bicyclic) bond motifs is 1. The second-order valence-corrected chi connectivity index (χ2v) is 9.50. The van der Waals surface area contributed by atoms with Crippen molar-refractivity contribution in [1.82, 2.24) is 4.90 Å². The number of unbranched alkanes of at least 4 members (excludes halogenated alkanes) is 1. The Balaban J connectivity index is 1.43. The van der Waals surface area contributed by atoms with Crippen LogP contribution < -0.4 is 0 Å². The molecule has 29 heavy (non-hydrogen) atoms. The number of hydrogen-bond donors (Lipinski definition) is 1. The van der Waals surface area contributed by atoms with Crippen LogP contribution in [0.2, 0.25) is 0 Å². The largest absolute Gasteiger partial charge is 0.492 e. The van der Waals surface area contributed by atoms with Crippen molar-refractivity contribution >= 4 is 5.97 Å². The van der Waals surface area contributed by atoms with E-state index in [0.29, 0.717) is 34.8 Å². The summed E-state index contributed by atoms with van der Waals surface area (Å²) >= 11 is 0. The Labute approximate surface area is 170 Å². The first-order chi connectivity index (χ1) is 14.0. The summed E-state index contributed by atoms with van der Waals surface area (Å²) in [5, 5.41) is 9.28. The maximum Gasteiger partial charge on any atom is 0.343 e. The van der Waals surface area contributed by atoms with Crippen molar-refractivity contribution < 1.29 is 28.8 Å². The molecule has 5 saturated heterocycles. The summed E-state index contributed by atoms with van der Waals surface area (Å²) in [6.45, 7) is 5.24. The fourth-order valence-corrected chi connectivity index (χ4v) is 7.70. The third-order valence-electron chi connectivity index (χ3n) is 8.58. The van der Waals surface area contributed by atoms with Crippen LogP contribution in [0.4, 0.5) is 0 Å². The number of methoxy groups -OCH3 is 1. The van der Waals surface area contributed by atoms with Gasteiger partial charge in [-0.2, -0.15) is 0 Å². The van der Waals surface area contributed by atoms with Gasteiger partial charge in [0.05, 0.1) is 30.2 Å². The van der Waals surface area contributed by atoms with Crippen LogP contribution in [0.5, 0.6) is 0 Å². The molecule has 6 rings (SSSR count). The molecule has 0 amide bonds. The average molecular weight is 403 g/mol. The smallest absolute Gasteiger partial charge is 0.343 e. The molecule has 0 aromatic carbocycles. The minimum absolute atomic E-state index is 0.0400. The Morgan fingerprint density at radius 1 is 1.34 bits per heavy atom. The lowest BCUT2D eigenvalue weighted by molar-refractivity contribution is -0.256. The van der Waals surface area contributed by atoms with Gasteiger partial charge in [0.2, 0.25) is 11.5 Å². The molecule has 0 saturated carbocycles. The van der Waals surface area contributed by atoms with Crippen molar-refractivity contribution in [3.8, 4) is 0 Å². The molecule has 7 nitrogen and oxygen atoms in total. The summed E-state index contributed by atoms with van der Waals surface area (Å²) in [5.41, 5.74) is 0.525. The van der Waals surface area contributed by atoms with E-state index in [9.17, 15) is 9.90 Å². The van der Waals surface area contributed by atoms with E-state index in [0.717, 1.165) is 38.6 Å². The molecule has 1 spiro atoms. The predicted octanol–water partition coefficient (Wildman–Crippen LogP) is 2.06. The number of carbonyl (C=O) groups is 1. The van der Waals surface area contributed by atoms with Gasteiger partial charge in [0.25, 0.3) is 0 Å². The molecule has 6 aliphatic rings. The molecular weight excluding hydrogens is 374 g/mol. The van der Waals surface area contributed by atoms with Gasteiger partial charge in [0, 0.05) is 24.5 Å². The summed E-state index contributed by atoms with van der Waals surface area (Å²) in [4.78, 5) is 14.9. The van der Waals surface area contributed by atoms with Crippen LogP contribution in [-0.4, -0.2) is 59.7 Å². The Hall–Kier alpha value is -1.57. The van der Waals surface area contributed by atoms with Crippen molar-refractivity contribution in [3.05, 3.63) is 22.9 Å². The highest BCUT2D eigenvalue weighted by Crippen LogP contribution is 2.73. The third kappa shape index (κ3) is 1.89.